The van der Waals surface area contributed by atoms with Crippen LogP contribution in [0.2, 0.25) is 0 Å². The summed E-state index contributed by atoms with van der Waals surface area (Å²) in [7, 11) is 3.26. The Balaban J connectivity index is 2.03. The summed E-state index contributed by atoms with van der Waals surface area (Å²) in [5.74, 6) is 1.41. The Labute approximate surface area is 177 Å². The van der Waals surface area contributed by atoms with Gasteiger partial charge in [0.05, 0.1) is 0 Å². The van der Waals surface area contributed by atoms with Gasteiger partial charge in [0.1, 0.15) is 0 Å². The predicted octanol–water partition coefficient (Wildman–Crippen LogP) is 5.55. The van der Waals surface area contributed by atoms with E-state index in [-0.39, 0.29) is 13.1 Å². The number of hydrogen-bond acceptors (Lipinski definition) is 2. The van der Waals surface area contributed by atoms with Crippen molar-refractivity contribution in [3.05, 3.63) is 35.4 Å². The average molecular weight is 421 g/mol. The zero-order valence-corrected chi connectivity index (χ0v) is 21.0. The molecule has 0 aliphatic carbocycles. The highest BCUT2D eigenvalue weighted by Crippen LogP contribution is 2.62. The highest BCUT2D eigenvalue weighted by atomic mass is 31.1. The summed E-state index contributed by atoms with van der Waals surface area (Å²) in [6, 6.07) is 9.44. The highest BCUT2D eigenvalue weighted by Gasteiger charge is 2.46. The van der Waals surface area contributed by atoms with E-state index in [2.05, 4.69) is 85.7 Å². The summed E-state index contributed by atoms with van der Waals surface area (Å²) < 4.78 is 0. The minimum absolute atomic E-state index is 0.147. The molecule has 2 nitrogen and oxygen atoms in total. The molecule has 4 heteroatoms. The van der Waals surface area contributed by atoms with Crippen molar-refractivity contribution in [3.63, 3.8) is 0 Å². The predicted molar refractivity (Wildman–Crippen MR) is 130 cm³/mol. The van der Waals surface area contributed by atoms with Crippen LogP contribution in [0.5, 0.6) is 0 Å². The van der Waals surface area contributed by atoms with Crippen LogP contribution in [0.25, 0.3) is 0 Å². The van der Waals surface area contributed by atoms with Crippen LogP contribution >= 0.6 is 17.2 Å². The quantitative estimate of drug-likeness (QED) is 0.610. The van der Waals surface area contributed by atoms with Crippen molar-refractivity contribution in [2.75, 3.05) is 26.2 Å². The largest absolute Gasteiger partial charge is 0.316 e. The molecule has 0 aromatic heterocycles. The first kappa shape index (κ1) is 22.7. The fraction of sp³-hybridized carbons (Fsp3) is 0.750. The molecular weight excluding hydrogens is 378 g/mol. The third kappa shape index (κ3) is 4.67. The SMILES string of the molecule is CC(C)(C)P(Cc1ccccc1C(P)(C1CCNC1)C1CCNC1)C(C)(C)C. The van der Waals surface area contributed by atoms with E-state index in [0.29, 0.717) is 22.1 Å². The van der Waals surface area contributed by atoms with Crippen LogP contribution in [0, 0.1) is 11.8 Å². The van der Waals surface area contributed by atoms with Gasteiger partial charge in [0.25, 0.3) is 0 Å². The van der Waals surface area contributed by atoms with E-state index in [1.807, 2.05) is 0 Å². The molecule has 2 N–H and O–H groups in total. The van der Waals surface area contributed by atoms with Crippen molar-refractivity contribution in [2.45, 2.75) is 76.0 Å². The molecule has 2 aliphatic heterocycles. The Morgan fingerprint density at radius 2 is 1.39 bits per heavy atom. The lowest BCUT2D eigenvalue weighted by Crippen LogP contribution is -2.40. The molecule has 2 fully saturated rings. The molecule has 28 heavy (non-hydrogen) atoms. The van der Waals surface area contributed by atoms with E-state index in [4.69, 9.17) is 0 Å². The summed E-state index contributed by atoms with van der Waals surface area (Å²) in [6.45, 7) is 19.3. The first-order valence-corrected chi connectivity index (χ1v) is 13.2. The molecular formula is C24H42N2P2. The molecule has 2 saturated heterocycles. The Morgan fingerprint density at radius 3 is 1.82 bits per heavy atom. The molecule has 0 saturated carbocycles. The zero-order chi connectivity index (χ0) is 20.6. The van der Waals surface area contributed by atoms with Crippen LogP contribution in [0.4, 0.5) is 0 Å². The van der Waals surface area contributed by atoms with Gasteiger partial charge in [-0.25, -0.2) is 0 Å². The maximum absolute atomic E-state index is 3.65. The van der Waals surface area contributed by atoms with E-state index in [1.165, 1.54) is 32.1 Å². The third-order valence-electron chi connectivity index (χ3n) is 6.90. The van der Waals surface area contributed by atoms with E-state index >= 15 is 0 Å². The molecule has 0 radical (unpaired) electrons. The fourth-order valence-electron chi connectivity index (χ4n) is 5.63. The number of rotatable bonds is 5. The van der Waals surface area contributed by atoms with E-state index in [1.54, 1.807) is 11.1 Å². The van der Waals surface area contributed by atoms with E-state index < -0.39 is 0 Å². The number of nitrogens with one attached hydrogen (secondary N) is 2. The van der Waals surface area contributed by atoms with Crippen LogP contribution in [0.3, 0.4) is 0 Å². The zero-order valence-electron chi connectivity index (χ0n) is 18.9. The lowest BCUT2D eigenvalue weighted by Gasteiger charge is -2.45. The first-order chi connectivity index (χ1) is 13.0. The highest BCUT2D eigenvalue weighted by molar-refractivity contribution is 7.60. The average Bonchev–Trinajstić information content (AvgIpc) is 3.30. The van der Waals surface area contributed by atoms with Crippen molar-refractivity contribution in [1.29, 1.82) is 0 Å². The smallest absolute Gasteiger partial charge is 0.0181 e. The second kappa shape index (κ2) is 8.63. The van der Waals surface area contributed by atoms with Gasteiger partial charge in [-0.3, -0.25) is 0 Å². The second-order valence-electron chi connectivity index (χ2n) is 10.9. The summed E-state index contributed by atoms with van der Waals surface area (Å²) in [6.07, 6.45) is 3.82. The summed E-state index contributed by atoms with van der Waals surface area (Å²) >= 11 is 0. The summed E-state index contributed by atoms with van der Waals surface area (Å²) in [5.41, 5.74) is 3.22. The molecule has 3 rings (SSSR count). The van der Waals surface area contributed by atoms with Crippen molar-refractivity contribution < 1.29 is 0 Å². The topological polar surface area (TPSA) is 24.1 Å². The van der Waals surface area contributed by atoms with Crippen molar-refractivity contribution in [1.82, 2.24) is 10.6 Å². The van der Waals surface area contributed by atoms with Crippen molar-refractivity contribution in [3.8, 4) is 0 Å². The van der Waals surface area contributed by atoms with Gasteiger partial charge in [0.15, 0.2) is 0 Å². The molecule has 2 aliphatic rings. The van der Waals surface area contributed by atoms with Gasteiger partial charge < -0.3 is 10.6 Å². The first-order valence-electron chi connectivity index (χ1n) is 11.1. The molecule has 3 unspecified atom stereocenters. The third-order valence-corrected chi connectivity index (χ3v) is 12.1. The van der Waals surface area contributed by atoms with E-state index in [0.717, 1.165) is 13.1 Å². The van der Waals surface area contributed by atoms with Crippen molar-refractivity contribution in [2.24, 2.45) is 11.8 Å². The van der Waals surface area contributed by atoms with Crippen LogP contribution in [0.15, 0.2) is 24.3 Å². The van der Waals surface area contributed by atoms with Crippen LogP contribution in [-0.4, -0.2) is 36.5 Å². The lowest BCUT2D eigenvalue weighted by atomic mass is 9.73. The Bertz CT molecular complexity index is 617. The molecule has 158 valence electrons. The van der Waals surface area contributed by atoms with Crippen molar-refractivity contribution >= 4 is 17.2 Å². The van der Waals surface area contributed by atoms with Gasteiger partial charge >= 0.3 is 0 Å². The number of benzene rings is 1. The van der Waals surface area contributed by atoms with Gasteiger partial charge in [-0.1, -0.05) is 73.7 Å². The molecule has 0 amide bonds. The molecule has 1 aromatic carbocycles. The molecule has 2 heterocycles. The monoisotopic (exact) mass is 420 g/mol. The fourth-order valence-corrected chi connectivity index (χ4v) is 10.1. The second-order valence-corrected chi connectivity index (χ2v) is 15.7. The van der Waals surface area contributed by atoms with Crippen LogP contribution in [0.1, 0.15) is 65.5 Å². The Morgan fingerprint density at radius 1 is 0.893 bits per heavy atom. The van der Waals surface area contributed by atoms with Gasteiger partial charge in [0, 0.05) is 5.16 Å². The van der Waals surface area contributed by atoms with E-state index in [9.17, 15) is 0 Å². The summed E-state index contributed by atoms with van der Waals surface area (Å²) in [4.78, 5) is 0. The van der Waals surface area contributed by atoms with Gasteiger partial charge in [0.2, 0.25) is 0 Å². The molecule has 1 aromatic rings. The Kier molecular flexibility index (Phi) is 6.99. The lowest BCUT2D eigenvalue weighted by molar-refractivity contribution is 0.299. The number of hydrogen-bond donors (Lipinski definition) is 2. The minimum Gasteiger partial charge on any atom is -0.316 e. The summed E-state index contributed by atoms with van der Waals surface area (Å²) in [5, 5.41) is 8.19. The van der Waals surface area contributed by atoms with Crippen LogP contribution < -0.4 is 10.6 Å². The maximum Gasteiger partial charge on any atom is 0.0181 e. The molecule has 0 bridgehead atoms. The molecule has 3 atom stereocenters. The Hall–Kier alpha value is -0.0000000000000000416. The minimum atomic E-state index is -0.147. The maximum atomic E-state index is 3.65. The standard InChI is InChI=1S/C24H42N2P2/c1-22(2,3)28(23(4,5)6)17-18-9-7-8-10-21(18)24(27,19-11-13-25-15-19)20-12-14-26-16-20/h7-10,19-20,25-26H,11-17,27H2,1-6H3. The van der Waals surface area contributed by atoms with Gasteiger partial charge in [-0.2, -0.15) is 0 Å². The van der Waals surface area contributed by atoms with Gasteiger partial charge in [-0.15, -0.1) is 9.24 Å². The van der Waals surface area contributed by atoms with Gasteiger partial charge in [-0.05, 0) is 78.5 Å². The van der Waals surface area contributed by atoms with Crippen LogP contribution in [-0.2, 0) is 11.3 Å². The normalized spacial score (nSPS) is 26.0. The molecule has 0 spiro atoms.